The Balaban J connectivity index is 0.00000261. The summed E-state index contributed by atoms with van der Waals surface area (Å²) in [6.07, 6.45) is 0. The number of methoxy groups -OCH3 is 1. The lowest BCUT2D eigenvalue weighted by molar-refractivity contribution is 0.414. The highest BCUT2D eigenvalue weighted by atomic mass is 127. The summed E-state index contributed by atoms with van der Waals surface area (Å²) in [7, 11) is 3.45. The second kappa shape index (κ2) is 10.1. The average Bonchev–Trinajstić information content (AvgIpc) is 3.00. The van der Waals surface area contributed by atoms with Crippen LogP contribution in [0.25, 0.3) is 11.0 Å². The summed E-state index contributed by atoms with van der Waals surface area (Å²) in [5.41, 5.74) is 3.33. The lowest BCUT2D eigenvalue weighted by atomic mass is 10.2. The fourth-order valence-corrected chi connectivity index (χ4v) is 2.95. The van der Waals surface area contributed by atoms with Gasteiger partial charge in [-0.3, -0.25) is 4.99 Å². The summed E-state index contributed by atoms with van der Waals surface area (Å²) < 4.78 is 7.48. The molecule has 0 bridgehead atoms. The molecule has 2 N–H and O–H groups in total. The van der Waals surface area contributed by atoms with Gasteiger partial charge < -0.3 is 19.9 Å². The molecule has 2 aromatic carbocycles. The quantitative estimate of drug-likeness (QED) is 0.324. The number of halogens is 1. The van der Waals surface area contributed by atoms with Crippen molar-refractivity contribution in [3.05, 3.63) is 59.9 Å². The van der Waals surface area contributed by atoms with Crippen molar-refractivity contribution in [1.29, 1.82) is 0 Å². The Labute approximate surface area is 177 Å². The van der Waals surface area contributed by atoms with Gasteiger partial charge in [0, 0.05) is 26.7 Å². The highest BCUT2D eigenvalue weighted by Gasteiger charge is 2.06. The van der Waals surface area contributed by atoms with Gasteiger partial charge in [0.05, 0.1) is 18.1 Å². The van der Waals surface area contributed by atoms with Crippen LogP contribution in [0.4, 0.5) is 0 Å². The number of benzene rings is 2. The fraction of sp³-hybridized carbons (Fsp3) is 0.300. The van der Waals surface area contributed by atoms with E-state index in [1.807, 2.05) is 43.3 Å². The van der Waals surface area contributed by atoms with Crippen LogP contribution in [0.1, 0.15) is 11.4 Å². The zero-order valence-electron chi connectivity index (χ0n) is 15.9. The Bertz CT molecular complexity index is 906. The molecule has 1 heterocycles. The molecule has 0 saturated heterocycles. The predicted octanol–water partition coefficient (Wildman–Crippen LogP) is 3.34. The number of imidazole rings is 1. The number of ether oxygens (including phenoxy) is 1. The minimum absolute atomic E-state index is 0. The Morgan fingerprint density at radius 2 is 1.96 bits per heavy atom. The molecule has 3 rings (SSSR count). The lowest BCUT2D eigenvalue weighted by Crippen LogP contribution is -2.38. The third-order valence-corrected chi connectivity index (χ3v) is 4.29. The summed E-state index contributed by atoms with van der Waals surface area (Å²) in [6, 6.07) is 16.2. The van der Waals surface area contributed by atoms with Crippen molar-refractivity contribution >= 4 is 41.0 Å². The molecule has 0 amide bonds. The number of aliphatic imine (C=N–C) groups is 1. The summed E-state index contributed by atoms with van der Waals surface area (Å²) in [5.74, 6) is 2.65. The molecule has 0 radical (unpaired) electrons. The van der Waals surface area contributed by atoms with Gasteiger partial charge in [0.15, 0.2) is 5.96 Å². The van der Waals surface area contributed by atoms with E-state index in [0.717, 1.165) is 47.2 Å². The van der Waals surface area contributed by atoms with Gasteiger partial charge in [-0.25, -0.2) is 4.98 Å². The number of fused-ring (bicyclic) bond motifs is 1. The van der Waals surface area contributed by atoms with Crippen molar-refractivity contribution in [3.8, 4) is 5.75 Å². The molecular weight excluding hydrogens is 453 g/mol. The van der Waals surface area contributed by atoms with E-state index >= 15 is 0 Å². The van der Waals surface area contributed by atoms with Gasteiger partial charge in [-0.15, -0.1) is 24.0 Å². The monoisotopic (exact) mass is 479 g/mol. The molecule has 144 valence electrons. The Morgan fingerprint density at radius 3 is 2.74 bits per heavy atom. The first kappa shape index (κ1) is 21.0. The fourth-order valence-electron chi connectivity index (χ4n) is 2.95. The van der Waals surface area contributed by atoms with Crippen LogP contribution in [0.5, 0.6) is 5.75 Å². The average molecular weight is 479 g/mol. The summed E-state index contributed by atoms with van der Waals surface area (Å²) in [5, 5.41) is 6.68. The van der Waals surface area contributed by atoms with Crippen LogP contribution in [-0.4, -0.2) is 36.2 Å². The summed E-state index contributed by atoms with van der Waals surface area (Å²) >= 11 is 0. The minimum atomic E-state index is 0. The SMILES string of the molecule is CN=C(NCCn1c(C)nc2ccccc21)NCc1cccc(OC)c1.I. The maximum absolute atomic E-state index is 5.26. The molecule has 27 heavy (non-hydrogen) atoms. The number of para-hydroxylation sites is 2. The van der Waals surface area contributed by atoms with Crippen molar-refractivity contribution in [2.75, 3.05) is 20.7 Å². The van der Waals surface area contributed by atoms with E-state index < -0.39 is 0 Å². The molecule has 0 fully saturated rings. The topological polar surface area (TPSA) is 63.5 Å². The van der Waals surface area contributed by atoms with Crippen LogP contribution in [-0.2, 0) is 13.1 Å². The number of aromatic nitrogens is 2. The minimum Gasteiger partial charge on any atom is -0.497 e. The molecule has 6 nitrogen and oxygen atoms in total. The molecule has 0 spiro atoms. The molecular formula is C20H26IN5O. The normalized spacial score (nSPS) is 11.1. The van der Waals surface area contributed by atoms with E-state index in [1.165, 1.54) is 0 Å². The van der Waals surface area contributed by atoms with Crippen LogP contribution in [0.15, 0.2) is 53.5 Å². The van der Waals surface area contributed by atoms with Gasteiger partial charge in [-0.05, 0) is 36.8 Å². The van der Waals surface area contributed by atoms with E-state index in [4.69, 9.17) is 4.74 Å². The van der Waals surface area contributed by atoms with Gasteiger partial charge in [-0.2, -0.15) is 0 Å². The van der Waals surface area contributed by atoms with Crippen LogP contribution < -0.4 is 15.4 Å². The number of nitrogens with one attached hydrogen (secondary N) is 2. The molecule has 0 atom stereocenters. The molecule has 0 aliphatic heterocycles. The van der Waals surface area contributed by atoms with Crippen LogP contribution >= 0.6 is 24.0 Å². The first-order chi connectivity index (χ1) is 12.7. The van der Waals surface area contributed by atoms with Crippen molar-refractivity contribution in [2.24, 2.45) is 4.99 Å². The second-order valence-corrected chi connectivity index (χ2v) is 6.00. The molecule has 0 aliphatic rings. The highest BCUT2D eigenvalue weighted by Crippen LogP contribution is 2.15. The second-order valence-electron chi connectivity index (χ2n) is 6.00. The van der Waals surface area contributed by atoms with E-state index in [-0.39, 0.29) is 24.0 Å². The lowest BCUT2D eigenvalue weighted by Gasteiger charge is -2.13. The number of aryl methyl sites for hydroxylation is 1. The van der Waals surface area contributed by atoms with Gasteiger partial charge in [-0.1, -0.05) is 24.3 Å². The third kappa shape index (κ3) is 5.35. The van der Waals surface area contributed by atoms with Gasteiger partial charge in [0.1, 0.15) is 11.6 Å². The van der Waals surface area contributed by atoms with Crippen LogP contribution in [0.2, 0.25) is 0 Å². The standard InChI is InChI=1S/C20H25N5O.HI/c1-15-24-18-9-4-5-10-19(18)25(15)12-11-22-20(21-2)23-14-16-7-6-8-17(13-16)26-3;/h4-10,13H,11-12,14H2,1-3H3,(H2,21,22,23);1H. The number of rotatable bonds is 6. The molecule has 1 aromatic heterocycles. The first-order valence-electron chi connectivity index (χ1n) is 8.70. The number of guanidine groups is 1. The Morgan fingerprint density at radius 1 is 1.15 bits per heavy atom. The van der Waals surface area contributed by atoms with Crippen LogP contribution in [0, 0.1) is 6.92 Å². The van der Waals surface area contributed by atoms with Crippen molar-refractivity contribution in [2.45, 2.75) is 20.0 Å². The number of hydrogen-bond acceptors (Lipinski definition) is 3. The maximum atomic E-state index is 5.26. The molecule has 0 saturated carbocycles. The number of hydrogen-bond donors (Lipinski definition) is 2. The predicted molar refractivity (Wildman–Crippen MR) is 121 cm³/mol. The van der Waals surface area contributed by atoms with Crippen LogP contribution in [0.3, 0.4) is 0 Å². The molecule has 0 aliphatic carbocycles. The Kier molecular flexibility index (Phi) is 7.90. The first-order valence-corrected chi connectivity index (χ1v) is 8.70. The summed E-state index contributed by atoms with van der Waals surface area (Å²) in [4.78, 5) is 8.89. The Hall–Kier alpha value is -2.29. The van der Waals surface area contributed by atoms with E-state index in [2.05, 4.69) is 37.3 Å². The van der Waals surface area contributed by atoms with E-state index in [0.29, 0.717) is 6.54 Å². The van der Waals surface area contributed by atoms with E-state index in [9.17, 15) is 0 Å². The van der Waals surface area contributed by atoms with Crippen molar-refractivity contribution in [1.82, 2.24) is 20.2 Å². The number of nitrogens with zero attached hydrogens (tertiary/aromatic N) is 3. The van der Waals surface area contributed by atoms with E-state index in [1.54, 1.807) is 14.2 Å². The molecule has 3 aromatic rings. The van der Waals surface area contributed by atoms with Crippen molar-refractivity contribution in [3.63, 3.8) is 0 Å². The van der Waals surface area contributed by atoms with Gasteiger partial charge in [0.25, 0.3) is 0 Å². The molecule has 0 unspecified atom stereocenters. The maximum Gasteiger partial charge on any atom is 0.191 e. The summed E-state index contributed by atoms with van der Waals surface area (Å²) in [6.45, 7) is 4.31. The molecule has 7 heteroatoms. The smallest absolute Gasteiger partial charge is 0.191 e. The van der Waals surface area contributed by atoms with Gasteiger partial charge >= 0.3 is 0 Å². The highest BCUT2D eigenvalue weighted by molar-refractivity contribution is 14.0. The third-order valence-electron chi connectivity index (χ3n) is 4.29. The zero-order chi connectivity index (χ0) is 18.4. The van der Waals surface area contributed by atoms with Crippen molar-refractivity contribution < 1.29 is 4.74 Å². The van der Waals surface area contributed by atoms with Gasteiger partial charge in [0.2, 0.25) is 0 Å². The zero-order valence-corrected chi connectivity index (χ0v) is 18.2. The largest absolute Gasteiger partial charge is 0.497 e.